The van der Waals surface area contributed by atoms with Gasteiger partial charge in [-0.1, -0.05) is 81.7 Å². The molecule has 40 heavy (non-hydrogen) atoms. The summed E-state index contributed by atoms with van der Waals surface area (Å²) >= 11 is 0. The van der Waals surface area contributed by atoms with Crippen LogP contribution in [-0.4, -0.2) is 50.3 Å². The van der Waals surface area contributed by atoms with Crippen molar-refractivity contribution in [1.82, 2.24) is 0 Å². The van der Waals surface area contributed by atoms with Crippen LogP contribution in [0, 0.1) is 23.7 Å². The SMILES string of the molecule is C=CC(=O)OCCC(C)C.C=CC(=O)OCCC(C)C.C=CC(=O)OCCC(C)C.C=CC(=O)OCCC(C)C. The molecular formula is C32H56O8. The van der Waals surface area contributed by atoms with E-state index < -0.39 is 0 Å². The molecule has 8 nitrogen and oxygen atoms in total. The summed E-state index contributed by atoms with van der Waals surface area (Å²) in [7, 11) is 0. The molecule has 0 aromatic heterocycles. The van der Waals surface area contributed by atoms with Crippen molar-refractivity contribution in [3.8, 4) is 0 Å². The van der Waals surface area contributed by atoms with E-state index in [4.69, 9.17) is 18.9 Å². The van der Waals surface area contributed by atoms with Gasteiger partial charge in [0.25, 0.3) is 0 Å². The summed E-state index contributed by atoms with van der Waals surface area (Å²) < 4.78 is 19.0. The number of ether oxygens (including phenoxy) is 4. The van der Waals surface area contributed by atoms with Gasteiger partial charge >= 0.3 is 23.9 Å². The van der Waals surface area contributed by atoms with E-state index in [1.165, 1.54) is 24.3 Å². The van der Waals surface area contributed by atoms with Gasteiger partial charge in [0.2, 0.25) is 0 Å². The highest BCUT2D eigenvalue weighted by molar-refractivity contribution is 5.82. The molecule has 0 amide bonds. The van der Waals surface area contributed by atoms with Crippen LogP contribution in [0.4, 0.5) is 0 Å². The maximum Gasteiger partial charge on any atom is 0.330 e. The summed E-state index contributed by atoms with van der Waals surface area (Å²) in [5.74, 6) is 0.994. The van der Waals surface area contributed by atoms with Crippen LogP contribution in [0.3, 0.4) is 0 Å². The van der Waals surface area contributed by atoms with Crippen LogP contribution in [0.1, 0.15) is 81.1 Å². The highest BCUT2D eigenvalue weighted by Gasteiger charge is 1.99. The van der Waals surface area contributed by atoms with Crippen molar-refractivity contribution in [3.63, 3.8) is 0 Å². The molecule has 0 spiro atoms. The molecule has 0 heterocycles. The van der Waals surface area contributed by atoms with Gasteiger partial charge in [0.1, 0.15) is 0 Å². The van der Waals surface area contributed by atoms with Crippen molar-refractivity contribution in [2.45, 2.75) is 81.1 Å². The van der Waals surface area contributed by atoms with Crippen molar-refractivity contribution >= 4 is 23.9 Å². The lowest BCUT2D eigenvalue weighted by Gasteiger charge is -2.03. The van der Waals surface area contributed by atoms with Gasteiger partial charge in [-0.15, -0.1) is 0 Å². The molecule has 0 atom stereocenters. The minimum Gasteiger partial charge on any atom is -0.463 e. The Morgan fingerprint density at radius 3 is 0.675 bits per heavy atom. The fraction of sp³-hybridized carbons (Fsp3) is 0.625. The molecule has 0 rings (SSSR count). The number of carbonyl (C=O) groups is 4. The Balaban J connectivity index is -0.000000216. The predicted molar refractivity (Wildman–Crippen MR) is 162 cm³/mol. The first-order valence-corrected chi connectivity index (χ1v) is 13.8. The first-order chi connectivity index (χ1) is 18.7. The molecule has 0 radical (unpaired) electrons. The van der Waals surface area contributed by atoms with Gasteiger partial charge < -0.3 is 18.9 Å². The zero-order valence-electron chi connectivity index (χ0n) is 26.4. The van der Waals surface area contributed by atoms with Crippen LogP contribution in [0.2, 0.25) is 0 Å². The van der Waals surface area contributed by atoms with Crippen molar-refractivity contribution < 1.29 is 38.1 Å². The maximum absolute atomic E-state index is 10.5. The van der Waals surface area contributed by atoms with Crippen LogP contribution in [0.5, 0.6) is 0 Å². The van der Waals surface area contributed by atoms with Gasteiger partial charge in [0.05, 0.1) is 26.4 Å². The summed E-state index contributed by atoms with van der Waals surface area (Å²) in [5.41, 5.74) is 0. The van der Waals surface area contributed by atoms with Gasteiger partial charge in [-0.3, -0.25) is 0 Å². The second-order valence-electron chi connectivity index (χ2n) is 10.2. The summed E-state index contributed by atoms with van der Waals surface area (Å²) in [6.45, 7) is 31.8. The third-order valence-corrected chi connectivity index (χ3v) is 4.42. The smallest absolute Gasteiger partial charge is 0.330 e. The van der Waals surface area contributed by atoms with Gasteiger partial charge in [-0.2, -0.15) is 0 Å². The first kappa shape index (κ1) is 43.9. The average molecular weight is 569 g/mol. The molecule has 8 heteroatoms. The molecule has 0 unspecified atom stereocenters. The Hall–Kier alpha value is -3.16. The molecule has 0 saturated heterocycles. The Bertz CT molecular complexity index is 586. The molecule has 0 aromatic rings. The summed E-state index contributed by atoms with van der Waals surface area (Å²) in [5, 5.41) is 0. The normalized spacial score (nSPS) is 9.50. The monoisotopic (exact) mass is 568 g/mol. The molecule has 0 fully saturated rings. The van der Waals surface area contributed by atoms with E-state index in [0.717, 1.165) is 25.7 Å². The van der Waals surface area contributed by atoms with Crippen LogP contribution < -0.4 is 0 Å². The van der Waals surface area contributed by atoms with E-state index in [9.17, 15) is 19.2 Å². The fourth-order valence-electron chi connectivity index (χ4n) is 1.82. The quantitative estimate of drug-likeness (QED) is 0.111. The molecule has 0 aliphatic carbocycles. The summed E-state index contributed by atoms with van der Waals surface area (Å²) in [6, 6.07) is 0. The standard InChI is InChI=1S/4C8H14O2/c4*1-4-8(9)10-6-5-7(2)3/h4*4,7H,1,5-6H2,2-3H3. The Kier molecular flexibility index (Phi) is 35.2. The van der Waals surface area contributed by atoms with Crippen molar-refractivity contribution in [3.05, 3.63) is 50.6 Å². The fourth-order valence-corrected chi connectivity index (χ4v) is 1.82. The number of hydrogen-bond donors (Lipinski definition) is 0. The van der Waals surface area contributed by atoms with Crippen molar-refractivity contribution in [2.24, 2.45) is 23.7 Å². The lowest BCUT2D eigenvalue weighted by atomic mass is 10.1. The van der Waals surface area contributed by atoms with Crippen LogP contribution in [-0.2, 0) is 38.1 Å². The van der Waals surface area contributed by atoms with Crippen LogP contribution in [0.15, 0.2) is 50.6 Å². The molecule has 0 saturated carbocycles. The van der Waals surface area contributed by atoms with Gasteiger partial charge in [-0.05, 0) is 49.4 Å². The molecule has 0 N–H and O–H groups in total. The van der Waals surface area contributed by atoms with Gasteiger partial charge in [0.15, 0.2) is 0 Å². The van der Waals surface area contributed by atoms with Gasteiger partial charge in [-0.25, -0.2) is 19.2 Å². The Morgan fingerprint density at radius 2 is 0.575 bits per heavy atom. The molecule has 232 valence electrons. The molecular weight excluding hydrogens is 512 g/mol. The molecule has 0 aromatic carbocycles. The minimum atomic E-state index is -0.333. The zero-order chi connectivity index (χ0) is 31.9. The zero-order valence-corrected chi connectivity index (χ0v) is 26.4. The molecule has 0 bridgehead atoms. The largest absolute Gasteiger partial charge is 0.463 e. The second-order valence-corrected chi connectivity index (χ2v) is 10.2. The van der Waals surface area contributed by atoms with E-state index >= 15 is 0 Å². The van der Waals surface area contributed by atoms with E-state index in [1.54, 1.807) is 0 Å². The highest BCUT2D eigenvalue weighted by atomic mass is 16.5. The number of rotatable bonds is 16. The van der Waals surface area contributed by atoms with Crippen molar-refractivity contribution in [1.29, 1.82) is 0 Å². The van der Waals surface area contributed by atoms with E-state index in [-0.39, 0.29) is 23.9 Å². The van der Waals surface area contributed by atoms with E-state index in [1.807, 2.05) is 0 Å². The first-order valence-electron chi connectivity index (χ1n) is 13.8. The average Bonchev–Trinajstić information content (AvgIpc) is 2.88. The predicted octanol–water partition coefficient (Wildman–Crippen LogP) is 7.05. The third kappa shape index (κ3) is 48.0. The van der Waals surface area contributed by atoms with Gasteiger partial charge in [0, 0.05) is 24.3 Å². The number of hydrogen-bond acceptors (Lipinski definition) is 8. The topological polar surface area (TPSA) is 105 Å². The summed E-state index contributed by atoms with van der Waals surface area (Å²) in [4.78, 5) is 41.8. The van der Waals surface area contributed by atoms with Crippen molar-refractivity contribution in [2.75, 3.05) is 26.4 Å². The highest BCUT2D eigenvalue weighted by Crippen LogP contribution is 2.00. The van der Waals surface area contributed by atoms with E-state index in [0.29, 0.717) is 50.1 Å². The maximum atomic E-state index is 10.5. The molecule has 0 aliphatic heterocycles. The van der Waals surface area contributed by atoms with Crippen LogP contribution >= 0.6 is 0 Å². The Morgan fingerprint density at radius 1 is 0.425 bits per heavy atom. The minimum absolute atomic E-state index is 0.333. The third-order valence-electron chi connectivity index (χ3n) is 4.42. The summed E-state index contributed by atoms with van der Waals surface area (Å²) in [6.07, 6.45) is 8.39. The van der Waals surface area contributed by atoms with E-state index in [2.05, 4.69) is 81.7 Å². The lowest BCUT2D eigenvalue weighted by molar-refractivity contribution is -0.138. The lowest BCUT2D eigenvalue weighted by Crippen LogP contribution is -2.03. The van der Waals surface area contributed by atoms with Crippen LogP contribution in [0.25, 0.3) is 0 Å². The molecule has 0 aliphatic rings. The second kappa shape index (κ2) is 32.1. The Labute approximate surface area is 243 Å². The number of esters is 4. The number of carbonyl (C=O) groups excluding carboxylic acids is 4.